The molecule has 1 aliphatic rings. The van der Waals surface area contributed by atoms with E-state index in [1.807, 2.05) is 11.8 Å². The fourth-order valence-corrected chi connectivity index (χ4v) is 3.76. The average Bonchev–Trinajstić information content (AvgIpc) is 2.88. The summed E-state index contributed by atoms with van der Waals surface area (Å²) < 4.78 is 19.6. The van der Waals surface area contributed by atoms with Crippen LogP contribution in [0, 0.1) is 5.82 Å². The van der Waals surface area contributed by atoms with Crippen LogP contribution in [0.1, 0.15) is 30.0 Å². The average molecular weight is 303 g/mol. The molecule has 3 rings (SSSR count). The maximum Gasteiger partial charge on any atom is 0.131 e. The lowest BCUT2D eigenvalue weighted by Crippen LogP contribution is -2.11. The molecule has 2 atom stereocenters. The van der Waals surface area contributed by atoms with Crippen molar-refractivity contribution in [2.45, 2.75) is 23.8 Å². The van der Waals surface area contributed by atoms with E-state index in [1.54, 1.807) is 19.1 Å². The number of benzene rings is 2. The number of hydrogen-bond acceptors (Lipinski definition) is 3. The van der Waals surface area contributed by atoms with E-state index in [-0.39, 0.29) is 11.9 Å². The van der Waals surface area contributed by atoms with E-state index in [4.69, 9.17) is 10.5 Å². The second-order valence-electron chi connectivity index (χ2n) is 5.33. The first-order valence-corrected chi connectivity index (χ1v) is 8.03. The van der Waals surface area contributed by atoms with E-state index in [9.17, 15) is 4.39 Å². The number of halogens is 1. The molecule has 0 aromatic heterocycles. The van der Waals surface area contributed by atoms with Gasteiger partial charge in [0.2, 0.25) is 0 Å². The predicted molar refractivity (Wildman–Crippen MR) is 84.4 cm³/mol. The normalized spacial score (nSPS) is 18.3. The molecule has 2 nitrogen and oxygen atoms in total. The van der Waals surface area contributed by atoms with Crippen LogP contribution in [0.2, 0.25) is 0 Å². The highest BCUT2D eigenvalue weighted by atomic mass is 32.2. The minimum Gasteiger partial charge on any atom is -0.493 e. The van der Waals surface area contributed by atoms with E-state index in [2.05, 4.69) is 24.3 Å². The van der Waals surface area contributed by atoms with Crippen molar-refractivity contribution < 1.29 is 9.13 Å². The number of nitrogens with two attached hydrogens (primary N) is 1. The van der Waals surface area contributed by atoms with Gasteiger partial charge in [0, 0.05) is 34.2 Å². The van der Waals surface area contributed by atoms with Crippen LogP contribution < -0.4 is 10.5 Å². The second-order valence-corrected chi connectivity index (χ2v) is 6.39. The van der Waals surface area contributed by atoms with E-state index < -0.39 is 0 Å². The lowest BCUT2D eigenvalue weighted by Gasteiger charge is -2.14. The molecule has 0 bridgehead atoms. The van der Waals surface area contributed by atoms with Gasteiger partial charge >= 0.3 is 0 Å². The summed E-state index contributed by atoms with van der Waals surface area (Å²) >= 11 is 1.85. The Bertz CT molecular complexity index is 644. The van der Waals surface area contributed by atoms with Gasteiger partial charge in [-0.25, -0.2) is 4.39 Å². The Kier molecular flexibility index (Phi) is 4.17. The zero-order valence-electron chi connectivity index (χ0n) is 11.9. The Morgan fingerprint density at radius 3 is 2.90 bits per heavy atom. The molecule has 21 heavy (non-hydrogen) atoms. The fourth-order valence-electron chi connectivity index (χ4n) is 2.53. The highest BCUT2D eigenvalue weighted by Gasteiger charge is 2.23. The standard InChI is InChI=1S/C17H18FNOS/c1-11(19)14-7-6-13(8-16(14)18)20-9-12-10-21-17-5-3-2-4-15(12)17/h2-8,11-12H,9-10,19H2,1H3/t11-,12?/m0/s1. The molecule has 1 heterocycles. The van der Waals surface area contributed by atoms with E-state index in [1.165, 1.54) is 16.5 Å². The molecule has 0 saturated heterocycles. The van der Waals surface area contributed by atoms with Crippen molar-refractivity contribution in [3.05, 3.63) is 59.4 Å². The number of rotatable bonds is 4. The molecule has 4 heteroatoms. The fraction of sp³-hybridized carbons (Fsp3) is 0.294. The Morgan fingerprint density at radius 2 is 2.14 bits per heavy atom. The molecule has 1 unspecified atom stereocenters. The molecule has 1 aliphatic heterocycles. The van der Waals surface area contributed by atoms with Crippen LogP contribution in [0.25, 0.3) is 0 Å². The summed E-state index contributed by atoms with van der Waals surface area (Å²) in [6.45, 7) is 2.34. The molecule has 0 fully saturated rings. The molecule has 0 aliphatic carbocycles. The van der Waals surface area contributed by atoms with Crippen molar-refractivity contribution in [3.8, 4) is 5.75 Å². The van der Waals surface area contributed by atoms with Crippen LogP contribution in [-0.4, -0.2) is 12.4 Å². The maximum absolute atomic E-state index is 13.9. The molecule has 0 radical (unpaired) electrons. The van der Waals surface area contributed by atoms with Crippen LogP contribution >= 0.6 is 11.8 Å². The summed E-state index contributed by atoms with van der Waals surface area (Å²) in [5, 5.41) is 0. The monoisotopic (exact) mass is 303 g/mol. The minimum absolute atomic E-state index is 0.302. The van der Waals surface area contributed by atoms with Crippen LogP contribution in [0.3, 0.4) is 0 Å². The van der Waals surface area contributed by atoms with Gasteiger partial charge in [-0.3, -0.25) is 0 Å². The number of thioether (sulfide) groups is 1. The van der Waals surface area contributed by atoms with Crippen molar-refractivity contribution >= 4 is 11.8 Å². The van der Waals surface area contributed by atoms with Crippen LogP contribution in [0.15, 0.2) is 47.4 Å². The first-order chi connectivity index (χ1) is 10.1. The maximum atomic E-state index is 13.9. The molecule has 0 saturated carbocycles. The summed E-state index contributed by atoms with van der Waals surface area (Å²) in [5.74, 6) is 1.64. The van der Waals surface area contributed by atoms with Crippen LogP contribution in [0.5, 0.6) is 5.75 Å². The first kappa shape index (κ1) is 14.4. The number of fused-ring (bicyclic) bond motifs is 1. The summed E-state index contributed by atoms with van der Waals surface area (Å²) in [7, 11) is 0. The number of hydrogen-bond donors (Lipinski definition) is 1. The van der Waals surface area contributed by atoms with Gasteiger partial charge in [-0.1, -0.05) is 24.3 Å². The van der Waals surface area contributed by atoms with E-state index in [0.29, 0.717) is 23.8 Å². The Balaban J connectivity index is 1.68. The largest absolute Gasteiger partial charge is 0.493 e. The highest BCUT2D eigenvalue weighted by Crippen LogP contribution is 2.39. The third-order valence-electron chi connectivity index (χ3n) is 3.71. The second kappa shape index (κ2) is 6.08. The molecule has 2 aromatic carbocycles. The summed E-state index contributed by atoms with van der Waals surface area (Å²) in [6.07, 6.45) is 0. The predicted octanol–water partition coefficient (Wildman–Crippen LogP) is 4.11. The third kappa shape index (κ3) is 3.06. The highest BCUT2D eigenvalue weighted by molar-refractivity contribution is 7.99. The molecule has 0 spiro atoms. The summed E-state index contributed by atoms with van der Waals surface area (Å²) in [5.41, 5.74) is 7.55. The van der Waals surface area contributed by atoms with Gasteiger partial charge < -0.3 is 10.5 Å². The molecule has 2 N–H and O–H groups in total. The van der Waals surface area contributed by atoms with Crippen molar-refractivity contribution in [3.63, 3.8) is 0 Å². The summed E-state index contributed by atoms with van der Waals surface area (Å²) in [4.78, 5) is 1.32. The van der Waals surface area contributed by atoms with E-state index in [0.717, 1.165) is 5.75 Å². The lowest BCUT2D eigenvalue weighted by atomic mass is 10.0. The van der Waals surface area contributed by atoms with E-state index >= 15 is 0 Å². The Morgan fingerprint density at radius 1 is 1.33 bits per heavy atom. The van der Waals surface area contributed by atoms with Crippen molar-refractivity contribution in [1.29, 1.82) is 0 Å². The van der Waals surface area contributed by atoms with Gasteiger partial charge in [-0.15, -0.1) is 11.8 Å². The minimum atomic E-state index is -0.308. The lowest BCUT2D eigenvalue weighted by molar-refractivity contribution is 0.296. The Labute approximate surface area is 128 Å². The van der Waals surface area contributed by atoms with Gasteiger partial charge in [0.15, 0.2) is 0 Å². The molecule has 2 aromatic rings. The molecular weight excluding hydrogens is 285 g/mol. The van der Waals surface area contributed by atoms with Crippen molar-refractivity contribution in [2.24, 2.45) is 5.73 Å². The van der Waals surface area contributed by atoms with Gasteiger partial charge in [-0.2, -0.15) is 0 Å². The molecular formula is C17H18FNOS. The van der Waals surface area contributed by atoms with Gasteiger partial charge in [0.05, 0.1) is 6.61 Å². The smallest absolute Gasteiger partial charge is 0.131 e. The zero-order valence-corrected chi connectivity index (χ0v) is 12.7. The SMILES string of the molecule is C[C@H](N)c1ccc(OCC2CSc3ccccc32)cc1F. The van der Waals surface area contributed by atoms with Gasteiger partial charge in [0.1, 0.15) is 11.6 Å². The quantitative estimate of drug-likeness (QED) is 0.923. The van der Waals surface area contributed by atoms with Crippen LogP contribution in [0.4, 0.5) is 4.39 Å². The topological polar surface area (TPSA) is 35.2 Å². The zero-order chi connectivity index (χ0) is 14.8. The number of ether oxygens (including phenoxy) is 1. The Hall–Kier alpha value is -1.52. The molecule has 0 amide bonds. The van der Waals surface area contributed by atoms with Gasteiger partial charge in [-0.05, 0) is 24.6 Å². The third-order valence-corrected chi connectivity index (χ3v) is 4.96. The van der Waals surface area contributed by atoms with Crippen molar-refractivity contribution in [1.82, 2.24) is 0 Å². The molecule has 110 valence electrons. The van der Waals surface area contributed by atoms with Gasteiger partial charge in [0.25, 0.3) is 0 Å². The summed E-state index contributed by atoms with van der Waals surface area (Å²) in [6, 6.07) is 13.0. The van der Waals surface area contributed by atoms with Crippen molar-refractivity contribution in [2.75, 3.05) is 12.4 Å². The van der Waals surface area contributed by atoms with Crippen LogP contribution in [-0.2, 0) is 0 Å². The first-order valence-electron chi connectivity index (χ1n) is 7.04.